The van der Waals surface area contributed by atoms with Gasteiger partial charge >= 0.3 is 153 Å². The topological polar surface area (TPSA) is 9.23 Å². The minimum atomic E-state index is -2.15. The van der Waals surface area contributed by atoms with Crippen LogP contribution in [0.2, 0.25) is 31.4 Å². The molecule has 0 aliphatic rings. The van der Waals surface area contributed by atoms with Crippen LogP contribution in [0.3, 0.4) is 0 Å². The molecule has 1 nitrogen and oxygen atoms in total. The second-order valence-electron chi connectivity index (χ2n) is 8.85. The van der Waals surface area contributed by atoms with E-state index in [1.165, 1.54) is 51.8 Å². The molecule has 138 valence electrons. The van der Waals surface area contributed by atoms with E-state index in [1.807, 2.05) is 0 Å². The van der Waals surface area contributed by atoms with Crippen LogP contribution in [0.4, 0.5) is 0 Å². The third-order valence-corrected chi connectivity index (χ3v) is 24.0. The summed E-state index contributed by atoms with van der Waals surface area (Å²) >= 11 is -2.15. The fourth-order valence-corrected chi connectivity index (χ4v) is 17.5. The van der Waals surface area contributed by atoms with Crippen LogP contribution in [-0.4, -0.2) is 26.7 Å². The van der Waals surface area contributed by atoms with Gasteiger partial charge in [-0.05, 0) is 0 Å². The number of hydrogen-bond donors (Lipinski definition) is 0. The van der Waals surface area contributed by atoms with Gasteiger partial charge in [0.2, 0.25) is 0 Å². The Hall–Kier alpha value is 0.556. The molecule has 0 heterocycles. The Morgan fingerprint density at radius 2 is 1.22 bits per heavy atom. The average Bonchev–Trinajstić information content (AvgIpc) is 2.47. The SMILES string of the molecule is CCC[CH2][Sn](/[CH]=C/O[Si](C)(C)C(C)(C)C)([CH2]CCC)[CH2]CCC. The third-order valence-electron chi connectivity index (χ3n) is 5.68. The molecular weight excluding hydrogens is 403 g/mol. The molecule has 0 spiro atoms. The Morgan fingerprint density at radius 3 is 1.52 bits per heavy atom. The maximum absolute atomic E-state index is 6.40. The van der Waals surface area contributed by atoms with E-state index in [0.717, 1.165) is 0 Å². The summed E-state index contributed by atoms with van der Waals surface area (Å²) in [6, 6.07) is 0. The van der Waals surface area contributed by atoms with Gasteiger partial charge in [0, 0.05) is 0 Å². The molecule has 0 fully saturated rings. The van der Waals surface area contributed by atoms with Crippen molar-refractivity contribution in [2.24, 2.45) is 0 Å². The van der Waals surface area contributed by atoms with Crippen LogP contribution < -0.4 is 0 Å². The molecule has 0 unspecified atom stereocenters. The molecule has 0 bridgehead atoms. The van der Waals surface area contributed by atoms with Gasteiger partial charge in [0.05, 0.1) is 0 Å². The molecule has 0 atom stereocenters. The van der Waals surface area contributed by atoms with Gasteiger partial charge < -0.3 is 0 Å². The second kappa shape index (κ2) is 11.2. The zero-order valence-corrected chi connectivity index (χ0v) is 21.3. The van der Waals surface area contributed by atoms with Crippen molar-refractivity contribution in [2.75, 3.05) is 0 Å². The normalized spacial score (nSPS) is 13.7. The third kappa shape index (κ3) is 8.99. The van der Waals surface area contributed by atoms with Crippen molar-refractivity contribution >= 4 is 26.7 Å². The summed E-state index contributed by atoms with van der Waals surface area (Å²) in [5.74, 6) is 0. The van der Waals surface area contributed by atoms with Gasteiger partial charge in [-0.2, -0.15) is 0 Å². The van der Waals surface area contributed by atoms with Crippen molar-refractivity contribution in [1.82, 2.24) is 0 Å². The van der Waals surface area contributed by atoms with Gasteiger partial charge in [-0.15, -0.1) is 0 Å². The fourth-order valence-electron chi connectivity index (χ4n) is 2.74. The quantitative estimate of drug-likeness (QED) is 0.218. The Labute approximate surface area is 152 Å². The molecule has 0 saturated heterocycles. The zero-order chi connectivity index (χ0) is 18.0. The molecule has 0 rings (SSSR count). The van der Waals surface area contributed by atoms with Crippen LogP contribution in [0, 0.1) is 0 Å². The van der Waals surface area contributed by atoms with E-state index in [1.54, 1.807) is 0 Å². The predicted molar refractivity (Wildman–Crippen MR) is 112 cm³/mol. The minimum absolute atomic E-state index is 0.297. The van der Waals surface area contributed by atoms with Gasteiger partial charge in [-0.3, -0.25) is 0 Å². The van der Waals surface area contributed by atoms with Crippen LogP contribution in [-0.2, 0) is 4.43 Å². The molecule has 0 amide bonds. The van der Waals surface area contributed by atoms with E-state index in [4.69, 9.17) is 4.43 Å². The monoisotopic (exact) mass is 448 g/mol. The van der Waals surface area contributed by atoms with Crippen LogP contribution in [0.15, 0.2) is 10.4 Å². The molecule has 0 radical (unpaired) electrons. The van der Waals surface area contributed by atoms with Gasteiger partial charge in [-0.1, -0.05) is 0 Å². The molecule has 0 aromatic rings. The first-order valence-electron chi connectivity index (χ1n) is 9.99. The molecule has 0 saturated carbocycles. The van der Waals surface area contributed by atoms with Crippen molar-refractivity contribution < 1.29 is 4.43 Å². The molecule has 0 N–H and O–H groups in total. The summed E-state index contributed by atoms with van der Waals surface area (Å²) in [4.78, 5) is 0. The Morgan fingerprint density at radius 1 is 0.826 bits per heavy atom. The van der Waals surface area contributed by atoms with E-state index in [9.17, 15) is 0 Å². The van der Waals surface area contributed by atoms with Crippen molar-refractivity contribution in [2.45, 2.75) is 112 Å². The fraction of sp³-hybridized carbons (Fsp3) is 0.900. The van der Waals surface area contributed by atoms with Gasteiger partial charge in [0.15, 0.2) is 0 Å². The first-order chi connectivity index (χ1) is 10.6. The molecule has 3 heteroatoms. The molecule has 0 aromatic carbocycles. The first-order valence-corrected chi connectivity index (χ1v) is 20.6. The van der Waals surface area contributed by atoms with Crippen LogP contribution in [0.25, 0.3) is 0 Å². The standard InChI is InChI=1S/C8H17OSi.3C4H9.Sn/c1-7-9-10(5,6)8(2,3)4;3*1-3-4-2;/h1,7H,2-6H3;3*1,3-4H2,2H3;. The van der Waals surface area contributed by atoms with Crippen LogP contribution in [0.1, 0.15) is 80.1 Å². The Balaban J connectivity index is 5.10. The summed E-state index contributed by atoms with van der Waals surface area (Å²) in [5, 5.41) is 0.297. The summed E-state index contributed by atoms with van der Waals surface area (Å²) < 4.78 is 13.7. The molecule has 0 aliphatic carbocycles. The van der Waals surface area contributed by atoms with E-state index in [-0.39, 0.29) is 0 Å². The molecule has 0 aliphatic heterocycles. The maximum atomic E-state index is 6.40. The Kier molecular flexibility index (Phi) is 11.5. The van der Waals surface area contributed by atoms with Gasteiger partial charge in [0.1, 0.15) is 0 Å². The second-order valence-corrected chi connectivity index (χ2v) is 26.6. The van der Waals surface area contributed by atoms with E-state index in [0.29, 0.717) is 5.04 Å². The van der Waals surface area contributed by atoms with Crippen LogP contribution >= 0.6 is 0 Å². The van der Waals surface area contributed by atoms with Gasteiger partial charge in [0.25, 0.3) is 0 Å². The van der Waals surface area contributed by atoms with Crippen molar-refractivity contribution in [3.05, 3.63) is 10.4 Å². The van der Waals surface area contributed by atoms with E-state index < -0.39 is 26.7 Å². The number of unbranched alkanes of at least 4 members (excludes halogenated alkanes) is 3. The average molecular weight is 447 g/mol. The predicted octanol–water partition coefficient (Wildman–Crippen LogP) is 7.91. The first kappa shape index (κ1) is 23.6. The summed E-state index contributed by atoms with van der Waals surface area (Å²) in [6.45, 7) is 18.7. The Bertz CT molecular complexity index is 309. The van der Waals surface area contributed by atoms with E-state index >= 15 is 0 Å². The summed E-state index contributed by atoms with van der Waals surface area (Å²) in [6.07, 6.45) is 10.5. The molecule has 23 heavy (non-hydrogen) atoms. The number of rotatable bonds is 12. The number of hydrogen-bond acceptors (Lipinski definition) is 1. The van der Waals surface area contributed by atoms with Gasteiger partial charge in [-0.25, -0.2) is 0 Å². The summed E-state index contributed by atoms with van der Waals surface area (Å²) in [7, 11) is -1.65. The summed E-state index contributed by atoms with van der Waals surface area (Å²) in [5.41, 5.74) is 0. The molecular formula is C20H44OSiSn. The van der Waals surface area contributed by atoms with Crippen molar-refractivity contribution in [1.29, 1.82) is 0 Å². The van der Waals surface area contributed by atoms with Crippen molar-refractivity contribution in [3.8, 4) is 0 Å². The zero-order valence-electron chi connectivity index (χ0n) is 17.4. The molecule has 0 aromatic heterocycles. The van der Waals surface area contributed by atoms with E-state index in [2.05, 4.69) is 65.0 Å². The van der Waals surface area contributed by atoms with Crippen molar-refractivity contribution in [3.63, 3.8) is 0 Å². The van der Waals surface area contributed by atoms with Crippen LogP contribution in [0.5, 0.6) is 0 Å².